The number of nitrogens with one attached hydrogen (secondary N) is 1. The standard InChI is InChI=1S/C26H28N2O4/c1-15-11-20-17(13-22(29)32-21(20)12-16(15)2)14-28-23(30)26(6,27-24(28)31)19-9-7-18(8-10-19)25(3,4)5/h7-13H,14H2,1-6H3,(H,27,31). The van der Waals surface area contributed by atoms with E-state index in [-0.39, 0.29) is 17.9 Å². The van der Waals surface area contributed by atoms with Gasteiger partial charge < -0.3 is 9.73 Å². The van der Waals surface area contributed by atoms with Gasteiger partial charge >= 0.3 is 11.7 Å². The van der Waals surface area contributed by atoms with Gasteiger partial charge in [0.15, 0.2) is 0 Å². The van der Waals surface area contributed by atoms with E-state index < -0.39 is 17.2 Å². The topological polar surface area (TPSA) is 79.6 Å². The minimum atomic E-state index is -1.17. The molecule has 6 heteroatoms. The zero-order valence-corrected chi connectivity index (χ0v) is 19.3. The molecule has 1 unspecified atom stereocenters. The smallest absolute Gasteiger partial charge is 0.336 e. The Labute approximate surface area is 187 Å². The van der Waals surface area contributed by atoms with Crippen molar-refractivity contribution >= 4 is 22.9 Å². The lowest BCUT2D eigenvalue weighted by Gasteiger charge is -2.24. The van der Waals surface area contributed by atoms with Crippen molar-refractivity contribution in [1.29, 1.82) is 0 Å². The fraction of sp³-hybridized carbons (Fsp3) is 0.346. The molecule has 166 valence electrons. The molecule has 6 nitrogen and oxygen atoms in total. The molecule has 3 aromatic rings. The molecule has 1 aliphatic rings. The number of hydrogen-bond donors (Lipinski definition) is 1. The van der Waals surface area contributed by atoms with Crippen molar-refractivity contribution in [2.45, 2.75) is 59.0 Å². The van der Waals surface area contributed by atoms with Gasteiger partial charge in [-0.2, -0.15) is 0 Å². The third-order valence-electron chi connectivity index (χ3n) is 6.38. The van der Waals surface area contributed by atoms with Gasteiger partial charge in [0.1, 0.15) is 11.1 Å². The van der Waals surface area contributed by atoms with E-state index in [9.17, 15) is 14.4 Å². The predicted molar refractivity (Wildman–Crippen MR) is 124 cm³/mol. The van der Waals surface area contributed by atoms with Crippen molar-refractivity contribution in [3.63, 3.8) is 0 Å². The average Bonchev–Trinajstić information content (AvgIpc) is 2.93. The third kappa shape index (κ3) is 3.60. The average molecular weight is 433 g/mol. The zero-order chi connectivity index (χ0) is 23.4. The summed E-state index contributed by atoms with van der Waals surface area (Å²) in [4.78, 5) is 39.5. The zero-order valence-electron chi connectivity index (χ0n) is 19.3. The van der Waals surface area contributed by atoms with Crippen LogP contribution >= 0.6 is 0 Å². The minimum absolute atomic E-state index is 0.00900. The van der Waals surface area contributed by atoms with Crippen LogP contribution in [0.1, 0.15) is 55.5 Å². The number of hydrogen-bond acceptors (Lipinski definition) is 4. The maximum Gasteiger partial charge on any atom is 0.336 e. The van der Waals surface area contributed by atoms with Gasteiger partial charge in [0.2, 0.25) is 0 Å². The molecule has 1 fully saturated rings. The molecular weight excluding hydrogens is 404 g/mol. The van der Waals surface area contributed by atoms with Gasteiger partial charge in [0, 0.05) is 11.5 Å². The first-order valence-electron chi connectivity index (χ1n) is 10.7. The number of amides is 3. The highest BCUT2D eigenvalue weighted by Crippen LogP contribution is 2.32. The summed E-state index contributed by atoms with van der Waals surface area (Å²) in [6.07, 6.45) is 0. The highest BCUT2D eigenvalue weighted by Gasteiger charge is 2.49. The Morgan fingerprint density at radius 1 is 0.969 bits per heavy atom. The summed E-state index contributed by atoms with van der Waals surface area (Å²) in [5.41, 5.74) is 3.23. The van der Waals surface area contributed by atoms with Crippen LogP contribution in [0, 0.1) is 13.8 Å². The van der Waals surface area contributed by atoms with Crippen molar-refractivity contribution in [2.75, 3.05) is 0 Å². The number of nitrogens with zero attached hydrogens (tertiary/aromatic N) is 1. The highest BCUT2D eigenvalue weighted by atomic mass is 16.4. The van der Waals surface area contributed by atoms with Crippen molar-refractivity contribution < 1.29 is 14.0 Å². The lowest BCUT2D eigenvalue weighted by molar-refractivity contribution is -0.131. The van der Waals surface area contributed by atoms with Gasteiger partial charge in [-0.3, -0.25) is 9.69 Å². The molecule has 0 bridgehead atoms. The first-order valence-corrected chi connectivity index (χ1v) is 10.7. The number of rotatable bonds is 3. The Bertz CT molecular complexity index is 1300. The Kier molecular flexibility index (Phi) is 4.99. The van der Waals surface area contributed by atoms with Crippen LogP contribution < -0.4 is 10.9 Å². The lowest BCUT2D eigenvalue weighted by Crippen LogP contribution is -2.40. The highest BCUT2D eigenvalue weighted by molar-refractivity contribution is 6.07. The van der Waals surface area contributed by atoms with Gasteiger partial charge in [-0.1, -0.05) is 45.0 Å². The molecule has 2 aromatic carbocycles. The lowest BCUT2D eigenvalue weighted by atomic mass is 9.84. The Morgan fingerprint density at radius 2 is 1.59 bits per heavy atom. The van der Waals surface area contributed by atoms with E-state index in [1.165, 1.54) is 11.0 Å². The van der Waals surface area contributed by atoms with E-state index in [2.05, 4.69) is 26.1 Å². The maximum atomic E-state index is 13.4. The third-order valence-corrected chi connectivity index (χ3v) is 6.38. The molecule has 0 saturated carbocycles. The Hall–Kier alpha value is -3.41. The van der Waals surface area contributed by atoms with E-state index in [1.54, 1.807) is 6.92 Å². The normalized spacial score (nSPS) is 19.0. The number of carbonyl (C=O) groups excluding carboxylic acids is 2. The monoisotopic (exact) mass is 432 g/mol. The quantitative estimate of drug-likeness (QED) is 0.482. The van der Waals surface area contributed by atoms with Crippen LogP contribution in [0.2, 0.25) is 0 Å². The van der Waals surface area contributed by atoms with Crippen LogP contribution in [-0.2, 0) is 22.3 Å². The van der Waals surface area contributed by atoms with Gasteiger partial charge in [-0.15, -0.1) is 0 Å². The van der Waals surface area contributed by atoms with E-state index in [4.69, 9.17) is 4.42 Å². The fourth-order valence-electron chi connectivity index (χ4n) is 4.12. The number of imide groups is 1. The van der Waals surface area contributed by atoms with Crippen LogP contribution in [0.15, 0.2) is 51.7 Å². The van der Waals surface area contributed by atoms with Crippen LogP contribution in [-0.4, -0.2) is 16.8 Å². The van der Waals surface area contributed by atoms with E-state index >= 15 is 0 Å². The predicted octanol–water partition coefficient (Wildman–Crippen LogP) is 4.67. The first-order chi connectivity index (χ1) is 14.9. The summed E-state index contributed by atoms with van der Waals surface area (Å²) in [5, 5.41) is 3.56. The summed E-state index contributed by atoms with van der Waals surface area (Å²) in [5.74, 6) is -0.351. The van der Waals surface area contributed by atoms with Crippen LogP contribution in [0.3, 0.4) is 0 Å². The Balaban J connectivity index is 1.70. The second-order valence-corrected chi connectivity index (χ2v) is 9.80. The summed E-state index contributed by atoms with van der Waals surface area (Å²) >= 11 is 0. The Morgan fingerprint density at radius 3 is 2.22 bits per heavy atom. The maximum absolute atomic E-state index is 13.4. The van der Waals surface area contributed by atoms with E-state index in [0.29, 0.717) is 11.1 Å². The molecule has 2 heterocycles. The second kappa shape index (κ2) is 7.33. The van der Waals surface area contributed by atoms with Crippen molar-refractivity contribution in [2.24, 2.45) is 0 Å². The number of fused-ring (bicyclic) bond motifs is 1. The molecular formula is C26H28N2O4. The molecule has 0 aliphatic carbocycles. The largest absolute Gasteiger partial charge is 0.423 e. The van der Waals surface area contributed by atoms with Crippen molar-refractivity contribution in [3.8, 4) is 0 Å². The van der Waals surface area contributed by atoms with Gasteiger partial charge in [-0.05, 0) is 66.1 Å². The molecule has 4 rings (SSSR count). The molecule has 3 amide bonds. The summed E-state index contributed by atoms with van der Waals surface area (Å²) in [6.45, 7) is 12.0. The molecule has 32 heavy (non-hydrogen) atoms. The summed E-state index contributed by atoms with van der Waals surface area (Å²) in [7, 11) is 0. The molecule has 1 N–H and O–H groups in total. The molecule has 1 aromatic heterocycles. The van der Waals surface area contributed by atoms with Crippen molar-refractivity contribution in [1.82, 2.24) is 10.2 Å². The molecule has 1 aliphatic heterocycles. The van der Waals surface area contributed by atoms with Gasteiger partial charge in [0.25, 0.3) is 5.91 Å². The first kappa shape index (κ1) is 21.8. The number of carbonyl (C=O) groups is 2. The molecule has 0 spiro atoms. The van der Waals surface area contributed by atoms with Crippen LogP contribution in [0.25, 0.3) is 11.0 Å². The van der Waals surface area contributed by atoms with E-state index in [1.807, 2.05) is 50.2 Å². The molecule has 0 radical (unpaired) electrons. The minimum Gasteiger partial charge on any atom is -0.423 e. The molecule has 1 atom stereocenters. The van der Waals surface area contributed by atoms with Crippen LogP contribution in [0.4, 0.5) is 4.79 Å². The van der Waals surface area contributed by atoms with Crippen LogP contribution in [0.5, 0.6) is 0 Å². The van der Waals surface area contributed by atoms with Crippen molar-refractivity contribution in [3.05, 3.63) is 80.7 Å². The number of benzene rings is 2. The van der Waals surface area contributed by atoms with E-state index in [0.717, 1.165) is 27.6 Å². The SMILES string of the molecule is Cc1cc2oc(=O)cc(CN3C(=O)NC(C)(c4ccc(C(C)(C)C)cc4)C3=O)c2cc1C. The number of aryl methyl sites for hydroxylation is 2. The number of urea groups is 1. The summed E-state index contributed by atoms with van der Waals surface area (Å²) in [6, 6.07) is 12.4. The van der Waals surface area contributed by atoms with Gasteiger partial charge in [0.05, 0.1) is 6.54 Å². The summed E-state index contributed by atoms with van der Waals surface area (Å²) < 4.78 is 5.35. The molecule has 1 saturated heterocycles. The second-order valence-electron chi connectivity index (χ2n) is 9.80. The van der Waals surface area contributed by atoms with Gasteiger partial charge in [-0.25, -0.2) is 9.59 Å². The fourth-order valence-corrected chi connectivity index (χ4v) is 4.12.